The minimum atomic E-state index is -0.625. The largest absolute Gasteiger partial charge is 0.444 e. The van der Waals surface area contributed by atoms with Crippen molar-refractivity contribution in [1.82, 2.24) is 10.6 Å². The van der Waals surface area contributed by atoms with Crippen LogP contribution in [0.5, 0.6) is 0 Å². The van der Waals surface area contributed by atoms with Crippen molar-refractivity contribution in [3.8, 4) is 0 Å². The van der Waals surface area contributed by atoms with Crippen LogP contribution in [0.3, 0.4) is 0 Å². The van der Waals surface area contributed by atoms with Gasteiger partial charge in [-0.1, -0.05) is 19.9 Å². The Morgan fingerprint density at radius 2 is 1.79 bits per heavy atom. The zero-order chi connectivity index (χ0) is 18.4. The van der Waals surface area contributed by atoms with Crippen molar-refractivity contribution in [2.45, 2.75) is 58.6 Å². The third-order valence-corrected chi connectivity index (χ3v) is 3.79. The molecule has 1 rings (SSSR count). The maximum Gasteiger partial charge on any atom is 0.407 e. The molecule has 0 aliphatic rings. The first kappa shape index (κ1) is 19.9. The summed E-state index contributed by atoms with van der Waals surface area (Å²) in [6, 6.07) is 5.51. The van der Waals surface area contributed by atoms with Crippen LogP contribution in [0.15, 0.2) is 24.3 Å². The molecule has 134 valence electrons. The number of ether oxygens (including phenoxy) is 1. The fourth-order valence-electron chi connectivity index (χ4n) is 2.22. The molecule has 0 aliphatic carbocycles. The van der Waals surface area contributed by atoms with Crippen molar-refractivity contribution < 1.29 is 18.7 Å². The van der Waals surface area contributed by atoms with Crippen LogP contribution in [0.4, 0.5) is 9.18 Å². The average molecular weight is 338 g/mol. The van der Waals surface area contributed by atoms with Crippen molar-refractivity contribution >= 4 is 12.0 Å². The highest BCUT2D eigenvalue weighted by atomic mass is 19.1. The SMILES string of the molecule is CCC(CC)(CNC(=O)OC(C)(C)C)NC(=O)c1cccc(F)c1. The summed E-state index contributed by atoms with van der Waals surface area (Å²) >= 11 is 0. The van der Waals surface area contributed by atoms with Gasteiger partial charge >= 0.3 is 6.09 Å². The number of carbonyl (C=O) groups is 2. The van der Waals surface area contributed by atoms with Crippen LogP contribution in [0.1, 0.15) is 57.8 Å². The third-order valence-electron chi connectivity index (χ3n) is 3.79. The first-order chi connectivity index (χ1) is 11.1. The van der Waals surface area contributed by atoms with Gasteiger partial charge in [-0.05, 0) is 51.8 Å². The molecule has 0 unspecified atom stereocenters. The van der Waals surface area contributed by atoms with Gasteiger partial charge in [0.15, 0.2) is 0 Å². The van der Waals surface area contributed by atoms with Gasteiger partial charge < -0.3 is 15.4 Å². The summed E-state index contributed by atoms with van der Waals surface area (Å²) in [6.45, 7) is 9.43. The summed E-state index contributed by atoms with van der Waals surface area (Å²) in [7, 11) is 0. The molecule has 5 nitrogen and oxygen atoms in total. The summed E-state index contributed by atoms with van der Waals surface area (Å²) in [5.41, 5.74) is -0.963. The lowest BCUT2D eigenvalue weighted by Crippen LogP contribution is -2.55. The van der Waals surface area contributed by atoms with Gasteiger partial charge in [0.05, 0.1) is 5.54 Å². The second-order valence-corrected chi connectivity index (χ2v) is 6.81. The van der Waals surface area contributed by atoms with Crippen LogP contribution >= 0.6 is 0 Å². The Kier molecular flexibility index (Phi) is 6.75. The lowest BCUT2D eigenvalue weighted by Gasteiger charge is -2.33. The predicted molar refractivity (Wildman–Crippen MR) is 91.4 cm³/mol. The molecule has 1 aromatic carbocycles. The van der Waals surface area contributed by atoms with Crippen molar-refractivity contribution in [3.05, 3.63) is 35.6 Å². The minimum absolute atomic E-state index is 0.232. The lowest BCUT2D eigenvalue weighted by atomic mass is 9.92. The molecule has 0 heterocycles. The quantitative estimate of drug-likeness (QED) is 0.832. The second-order valence-electron chi connectivity index (χ2n) is 6.81. The molecule has 0 spiro atoms. The number of hydrogen-bond acceptors (Lipinski definition) is 3. The molecule has 0 fully saturated rings. The van der Waals surface area contributed by atoms with E-state index in [1.807, 2.05) is 13.8 Å². The van der Waals surface area contributed by atoms with E-state index in [1.165, 1.54) is 18.2 Å². The van der Waals surface area contributed by atoms with Crippen molar-refractivity contribution in [3.63, 3.8) is 0 Å². The van der Waals surface area contributed by atoms with E-state index in [9.17, 15) is 14.0 Å². The molecular formula is C18H27FN2O3. The topological polar surface area (TPSA) is 67.4 Å². The Hall–Kier alpha value is -2.11. The molecular weight excluding hydrogens is 311 g/mol. The summed E-state index contributed by atoms with van der Waals surface area (Å²) in [5, 5.41) is 5.62. The molecule has 0 aliphatic heterocycles. The number of amides is 2. The van der Waals surface area contributed by atoms with E-state index in [0.29, 0.717) is 12.8 Å². The van der Waals surface area contributed by atoms with Crippen LogP contribution in [0.2, 0.25) is 0 Å². The van der Waals surface area contributed by atoms with E-state index in [0.717, 1.165) is 0 Å². The van der Waals surface area contributed by atoms with Gasteiger partial charge in [-0.15, -0.1) is 0 Å². The standard InChI is InChI=1S/C18H27FN2O3/c1-6-18(7-2,12-20-16(23)24-17(3,4)5)21-15(22)13-9-8-10-14(19)11-13/h8-11H,6-7,12H2,1-5H3,(H,20,23)(H,21,22). The van der Waals surface area contributed by atoms with E-state index in [2.05, 4.69) is 10.6 Å². The van der Waals surface area contributed by atoms with Gasteiger partial charge in [0, 0.05) is 12.1 Å². The molecule has 1 aromatic rings. The van der Waals surface area contributed by atoms with Crippen molar-refractivity contribution in [2.24, 2.45) is 0 Å². The Balaban J connectivity index is 2.77. The van der Waals surface area contributed by atoms with E-state index < -0.39 is 23.1 Å². The molecule has 0 saturated carbocycles. The van der Waals surface area contributed by atoms with Gasteiger partial charge in [0.1, 0.15) is 11.4 Å². The Bertz CT molecular complexity index is 578. The van der Waals surface area contributed by atoms with E-state index in [-0.39, 0.29) is 18.0 Å². The Labute approximate surface area is 143 Å². The van der Waals surface area contributed by atoms with Gasteiger partial charge in [0.25, 0.3) is 5.91 Å². The fraction of sp³-hybridized carbons (Fsp3) is 0.556. The second kappa shape index (κ2) is 8.13. The van der Waals surface area contributed by atoms with Crippen molar-refractivity contribution in [2.75, 3.05) is 6.54 Å². The van der Waals surface area contributed by atoms with Crippen molar-refractivity contribution in [1.29, 1.82) is 0 Å². The number of halogens is 1. The Morgan fingerprint density at radius 3 is 2.29 bits per heavy atom. The summed E-state index contributed by atoms with van der Waals surface area (Å²) in [6.07, 6.45) is 0.689. The highest BCUT2D eigenvalue weighted by molar-refractivity contribution is 5.94. The lowest BCUT2D eigenvalue weighted by molar-refractivity contribution is 0.0502. The Morgan fingerprint density at radius 1 is 1.17 bits per heavy atom. The van der Waals surface area contributed by atoms with Crippen LogP contribution < -0.4 is 10.6 Å². The normalized spacial score (nSPS) is 11.8. The van der Waals surface area contributed by atoms with Gasteiger partial charge in [-0.25, -0.2) is 9.18 Å². The monoisotopic (exact) mass is 338 g/mol. The smallest absolute Gasteiger partial charge is 0.407 e. The predicted octanol–water partition coefficient (Wildman–Crippen LogP) is 3.64. The number of alkyl carbamates (subject to hydrolysis) is 1. The maximum absolute atomic E-state index is 13.3. The fourth-order valence-corrected chi connectivity index (χ4v) is 2.22. The molecule has 0 saturated heterocycles. The highest BCUT2D eigenvalue weighted by Gasteiger charge is 2.30. The van der Waals surface area contributed by atoms with Crippen LogP contribution in [0, 0.1) is 5.82 Å². The van der Waals surface area contributed by atoms with Crippen LogP contribution in [-0.4, -0.2) is 29.7 Å². The van der Waals surface area contributed by atoms with Gasteiger partial charge in [0.2, 0.25) is 0 Å². The molecule has 2 N–H and O–H groups in total. The van der Waals surface area contributed by atoms with Gasteiger partial charge in [-0.2, -0.15) is 0 Å². The number of carbonyl (C=O) groups excluding carboxylic acids is 2. The minimum Gasteiger partial charge on any atom is -0.444 e. The maximum atomic E-state index is 13.3. The molecule has 24 heavy (non-hydrogen) atoms. The first-order valence-electron chi connectivity index (χ1n) is 8.16. The molecule has 2 amide bonds. The zero-order valence-corrected chi connectivity index (χ0v) is 15.0. The van der Waals surface area contributed by atoms with E-state index in [1.54, 1.807) is 26.8 Å². The zero-order valence-electron chi connectivity index (χ0n) is 15.0. The number of rotatable bonds is 6. The average Bonchev–Trinajstić information content (AvgIpc) is 2.49. The van der Waals surface area contributed by atoms with E-state index in [4.69, 9.17) is 4.74 Å². The summed E-state index contributed by atoms with van der Waals surface area (Å²) < 4.78 is 18.5. The molecule has 0 radical (unpaired) electrons. The number of nitrogens with one attached hydrogen (secondary N) is 2. The third kappa shape index (κ3) is 6.18. The van der Waals surface area contributed by atoms with Crippen LogP contribution in [-0.2, 0) is 4.74 Å². The highest BCUT2D eigenvalue weighted by Crippen LogP contribution is 2.16. The molecule has 0 atom stereocenters. The molecule has 6 heteroatoms. The number of hydrogen-bond donors (Lipinski definition) is 2. The molecule has 0 aromatic heterocycles. The van der Waals surface area contributed by atoms with Crippen LogP contribution in [0.25, 0.3) is 0 Å². The van der Waals surface area contributed by atoms with Gasteiger partial charge in [-0.3, -0.25) is 4.79 Å². The summed E-state index contributed by atoms with van der Waals surface area (Å²) in [5.74, 6) is -0.836. The molecule has 0 bridgehead atoms. The van der Waals surface area contributed by atoms with E-state index >= 15 is 0 Å². The number of benzene rings is 1. The first-order valence-corrected chi connectivity index (χ1v) is 8.16. The summed E-state index contributed by atoms with van der Waals surface area (Å²) in [4.78, 5) is 24.2.